The van der Waals surface area contributed by atoms with Crippen LogP contribution in [0.25, 0.3) is 10.9 Å². The summed E-state index contributed by atoms with van der Waals surface area (Å²) in [4.78, 5) is 21.0. The summed E-state index contributed by atoms with van der Waals surface area (Å²) < 4.78 is 0. The number of aryl methyl sites for hydroxylation is 2. The zero-order valence-corrected chi connectivity index (χ0v) is 22.1. The van der Waals surface area contributed by atoms with Gasteiger partial charge in [-0.1, -0.05) is 103 Å². The number of carbonyl (C=O) groups excluding carboxylic acids is 1. The van der Waals surface area contributed by atoms with Crippen LogP contribution >= 0.6 is 12.2 Å². The molecule has 0 aliphatic carbocycles. The predicted octanol–water partition coefficient (Wildman–Crippen LogP) is 6.64. The standard InChI is InChI=1S/C33H27N3OS/c1-20-16-17-27-25(18-20)33(32(37)36(27)19-22-11-4-3-5-12-22)29(23-13-7-6-10-21(23)2)28-24-14-8-9-15-26(24)34-30(28)31(38)35-33/h3-18,29,34H,19H2,1-2H3,(H,35,38). The maximum Gasteiger partial charge on any atom is 0.258 e. The number of H-pyrrole nitrogens is 1. The molecule has 7 rings (SSSR count). The molecular formula is C33H27N3OS. The Labute approximate surface area is 227 Å². The molecule has 0 saturated heterocycles. The number of para-hydroxylation sites is 1. The molecular weight excluding hydrogens is 486 g/mol. The van der Waals surface area contributed by atoms with Gasteiger partial charge in [-0.05, 0) is 48.2 Å². The summed E-state index contributed by atoms with van der Waals surface area (Å²) in [7, 11) is 0. The highest BCUT2D eigenvalue weighted by Gasteiger charge is 2.60. The second-order valence-electron chi connectivity index (χ2n) is 10.4. The van der Waals surface area contributed by atoms with Gasteiger partial charge >= 0.3 is 0 Å². The Hall–Kier alpha value is -4.22. The lowest BCUT2D eigenvalue weighted by molar-refractivity contribution is -0.124. The lowest BCUT2D eigenvalue weighted by Gasteiger charge is -2.43. The number of hydrogen-bond donors (Lipinski definition) is 2. The van der Waals surface area contributed by atoms with Crippen molar-refractivity contribution in [2.75, 3.05) is 4.90 Å². The molecule has 2 atom stereocenters. The zero-order chi connectivity index (χ0) is 26.0. The maximum atomic E-state index is 15.0. The van der Waals surface area contributed by atoms with E-state index in [4.69, 9.17) is 12.2 Å². The van der Waals surface area contributed by atoms with E-state index >= 15 is 0 Å². The molecule has 0 bridgehead atoms. The average molecular weight is 514 g/mol. The molecule has 2 N–H and O–H groups in total. The molecule has 5 heteroatoms. The normalized spacial score (nSPS) is 20.1. The number of fused-ring (bicyclic) bond motifs is 5. The molecule has 3 heterocycles. The molecule has 0 saturated carbocycles. The Kier molecular flexibility index (Phi) is 5.07. The van der Waals surface area contributed by atoms with Crippen LogP contribution in [0.1, 0.15) is 45.0 Å². The molecule has 0 radical (unpaired) electrons. The number of amides is 1. The van der Waals surface area contributed by atoms with Gasteiger partial charge in [0.15, 0.2) is 5.54 Å². The van der Waals surface area contributed by atoms with Crippen molar-refractivity contribution in [3.05, 3.63) is 136 Å². The Morgan fingerprint density at radius 1 is 0.895 bits per heavy atom. The fraction of sp³-hybridized carbons (Fsp3) is 0.152. The third-order valence-corrected chi connectivity index (χ3v) is 8.45. The van der Waals surface area contributed by atoms with Crippen LogP contribution in [0.2, 0.25) is 0 Å². The summed E-state index contributed by atoms with van der Waals surface area (Å²) >= 11 is 6.02. The number of aromatic amines is 1. The van der Waals surface area contributed by atoms with Gasteiger partial charge in [0.2, 0.25) is 0 Å². The van der Waals surface area contributed by atoms with Crippen LogP contribution in [0.5, 0.6) is 0 Å². The SMILES string of the molecule is Cc1ccc2c(c1)C1(NC(=S)c3[nH]c4ccccc4c3C1c1ccccc1C)C(=O)N2Cc1ccccc1. The average Bonchev–Trinajstić information content (AvgIpc) is 3.41. The number of nitrogens with zero attached hydrogens (tertiary/aromatic N) is 1. The highest BCUT2D eigenvalue weighted by Crippen LogP contribution is 2.55. The van der Waals surface area contributed by atoms with Gasteiger partial charge < -0.3 is 15.2 Å². The summed E-state index contributed by atoms with van der Waals surface area (Å²) in [6.07, 6.45) is 0. The fourth-order valence-electron chi connectivity index (χ4n) is 6.43. The van der Waals surface area contributed by atoms with Gasteiger partial charge in [-0.2, -0.15) is 0 Å². The molecule has 1 aromatic heterocycles. The second kappa shape index (κ2) is 8.40. The van der Waals surface area contributed by atoms with E-state index in [1.165, 1.54) is 0 Å². The van der Waals surface area contributed by atoms with E-state index in [1.54, 1.807) is 0 Å². The largest absolute Gasteiger partial charge is 0.356 e. The molecule has 4 aromatic carbocycles. The van der Waals surface area contributed by atoms with Crippen molar-refractivity contribution in [3.63, 3.8) is 0 Å². The minimum atomic E-state index is -1.07. The molecule has 5 aromatic rings. The second-order valence-corrected chi connectivity index (χ2v) is 10.8. The molecule has 38 heavy (non-hydrogen) atoms. The minimum Gasteiger partial charge on any atom is -0.356 e. The van der Waals surface area contributed by atoms with Crippen molar-refractivity contribution in [2.45, 2.75) is 31.8 Å². The van der Waals surface area contributed by atoms with Gasteiger partial charge in [0.25, 0.3) is 5.91 Å². The van der Waals surface area contributed by atoms with E-state index in [0.29, 0.717) is 11.5 Å². The molecule has 2 aliphatic rings. The molecule has 2 aliphatic heterocycles. The first-order chi connectivity index (χ1) is 18.5. The van der Waals surface area contributed by atoms with Crippen molar-refractivity contribution < 1.29 is 4.79 Å². The smallest absolute Gasteiger partial charge is 0.258 e. The number of carbonyl (C=O) groups is 1. The third kappa shape index (κ3) is 3.15. The fourth-order valence-corrected chi connectivity index (χ4v) is 6.76. The number of hydrogen-bond acceptors (Lipinski definition) is 2. The van der Waals surface area contributed by atoms with Gasteiger partial charge in [0.05, 0.1) is 17.9 Å². The minimum absolute atomic E-state index is 0.0217. The number of aromatic nitrogens is 1. The van der Waals surface area contributed by atoms with Gasteiger partial charge in [-0.25, -0.2) is 0 Å². The van der Waals surface area contributed by atoms with Crippen molar-refractivity contribution in [3.8, 4) is 0 Å². The van der Waals surface area contributed by atoms with Gasteiger partial charge in [0, 0.05) is 22.4 Å². The lowest BCUT2D eigenvalue weighted by atomic mass is 9.67. The van der Waals surface area contributed by atoms with Crippen LogP contribution in [-0.4, -0.2) is 15.9 Å². The van der Waals surface area contributed by atoms with Crippen LogP contribution in [0.15, 0.2) is 97.1 Å². The predicted molar refractivity (Wildman–Crippen MR) is 157 cm³/mol. The van der Waals surface area contributed by atoms with Crippen LogP contribution < -0.4 is 10.2 Å². The Balaban J connectivity index is 1.55. The van der Waals surface area contributed by atoms with E-state index in [0.717, 1.165) is 55.7 Å². The van der Waals surface area contributed by atoms with Crippen molar-refractivity contribution in [1.82, 2.24) is 10.3 Å². The molecule has 0 fully saturated rings. The number of thiocarbonyl (C=S) groups is 1. The van der Waals surface area contributed by atoms with E-state index < -0.39 is 5.54 Å². The number of rotatable bonds is 3. The maximum absolute atomic E-state index is 15.0. The van der Waals surface area contributed by atoms with Gasteiger partial charge in [-0.3, -0.25) is 4.79 Å². The number of nitrogens with one attached hydrogen (secondary N) is 2. The molecule has 4 nitrogen and oxygen atoms in total. The van der Waals surface area contributed by atoms with E-state index in [1.807, 2.05) is 29.2 Å². The first-order valence-corrected chi connectivity index (χ1v) is 13.4. The molecule has 186 valence electrons. The summed E-state index contributed by atoms with van der Waals surface area (Å²) in [5.41, 5.74) is 8.30. The topological polar surface area (TPSA) is 48.1 Å². The summed E-state index contributed by atoms with van der Waals surface area (Å²) in [6.45, 7) is 4.70. The number of anilines is 1. The van der Waals surface area contributed by atoms with E-state index in [2.05, 4.69) is 96.9 Å². The Bertz CT molecular complexity index is 1760. The molecule has 1 spiro atoms. The van der Waals surface area contributed by atoms with Gasteiger partial charge in [-0.15, -0.1) is 0 Å². The quantitative estimate of drug-likeness (QED) is 0.266. The van der Waals surface area contributed by atoms with Crippen molar-refractivity contribution >= 4 is 39.7 Å². The Morgan fingerprint density at radius 2 is 1.63 bits per heavy atom. The number of benzene rings is 4. The van der Waals surface area contributed by atoms with Crippen molar-refractivity contribution in [1.29, 1.82) is 0 Å². The third-order valence-electron chi connectivity index (χ3n) is 8.14. The van der Waals surface area contributed by atoms with Crippen LogP contribution in [0.4, 0.5) is 5.69 Å². The lowest BCUT2D eigenvalue weighted by Crippen LogP contribution is -2.59. The van der Waals surface area contributed by atoms with Crippen molar-refractivity contribution in [2.24, 2.45) is 0 Å². The first-order valence-electron chi connectivity index (χ1n) is 12.9. The monoisotopic (exact) mass is 513 g/mol. The highest BCUT2D eigenvalue weighted by atomic mass is 32.1. The first kappa shape index (κ1) is 22.9. The summed E-state index contributed by atoms with van der Waals surface area (Å²) in [6, 6.07) is 33.2. The Morgan fingerprint density at radius 3 is 2.45 bits per heavy atom. The van der Waals surface area contributed by atoms with Crippen LogP contribution in [0.3, 0.4) is 0 Å². The summed E-state index contributed by atoms with van der Waals surface area (Å²) in [5.74, 6) is -0.260. The zero-order valence-electron chi connectivity index (χ0n) is 21.3. The highest BCUT2D eigenvalue weighted by molar-refractivity contribution is 7.80. The van der Waals surface area contributed by atoms with Crippen LogP contribution in [0, 0.1) is 13.8 Å². The van der Waals surface area contributed by atoms with E-state index in [-0.39, 0.29) is 11.8 Å². The summed E-state index contributed by atoms with van der Waals surface area (Å²) in [5, 5.41) is 4.74. The van der Waals surface area contributed by atoms with Crippen LogP contribution in [-0.2, 0) is 16.9 Å². The van der Waals surface area contributed by atoms with Gasteiger partial charge in [0.1, 0.15) is 4.99 Å². The molecule has 1 amide bonds. The molecule has 2 unspecified atom stereocenters. The van der Waals surface area contributed by atoms with E-state index in [9.17, 15) is 4.79 Å².